The molecule has 0 saturated heterocycles. The van der Waals surface area contributed by atoms with Crippen molar-refractivity contribution in [3.05, 3.63) is 40.7 Å². The van der Waals surface area contributed by atoms with E-state index in [-0.39, 0.29) is 6.04 Å². The van der Waals surface area contributed by atoms with Crippen molar-refractivity contribution in [2.24, 2.45) is 7.05 Å². The van der Waals surface area contributed by atoms with Crippen LogP contribution in [0.5, 0.6) is 5.75 Å². The molecule has 0 unspecified atom stereocenters. The number of hydrogen-bond donors (Lipinski definition) is 0. The minimum absolute atomic E-state index is 0.0477. The molecule has 7 heteroatoms. The van der Waals surface area contributed by atoms with Gasteiger partial charge < -0.3 is 4.74 Å². The molecule has 1 aromatic carbocycles. The Bertz CT molecular complexity index is 975. The smallest absolute Gasteiger partial charge is 0.243 e. The first-order valence-electron chi connectivity index (χ1n) is 10.1. The lowest BCUT2D eigenvalue weighted by Gasteiger charge is -2.28. The van der Waals surface area contributed by atoms with Crippen LogP contribution in [0.4, 0.5) is 0 Å². The summed E-state index contributed by atoms with van der Waals surface area (Å²) in [6, 6.07) is 5.17. The fourth-order valence-electron chi connectivity index (χ4n) is 4.72. The van der Waals surface area contributed by atoms with Crippen molar-refractivity contribution in [1.29, 1.82) is 0 Å². The minimum atomic E-state index is -3.61. The molecule has 1 aromatic heterocycles. The minimum Gasteiger partial charge on any atom is -0.496 e. The van der Waals surface area contributed by atoms with E-state index >= 15 is 0 Å². The number of benzene rings is 1. The first-order valence-corrected chi connectivity index (χ1v) is 11.6. The molecular formula is C21H29N3O3S. The number of aryl methyl sites for hydroxylation is 2. The zero-order valence-corrected chi connectivity index (χ0v) is 17.8. The molecule has 0 N–H and O–H groups in total. The fraction of sp³-hybridized carbons (Fsp3) is 0.571. The molecule has 1 heterocycles. The maximum atomic E-state index is 13.6. The van der Waals surface area contributed by atoms with Crippen LogP contribution >= 0.6 is 0 Å². The molecule has 1 fully saturated rings. The van der Waals surface area contributed by atoms with Gasteiger partial charge in [0, 0.05) is 18.8 Å². The monoisotopic (exact) mass is 403 g/mol. The van der Waals surface area contributed by atoms with Crippen molar-refractivity contribution in [3.8, 4) is 5.75 Å². The van der Waals surface area contributed by atoms with E-state index in [2.05, 4.69) is 5.10 Å². The average Bonchev–Trinajstić information content (AvgIpc) is 3.40. The van der Waals surface area contributed by atoms with E-state index < -0.39 is 10.0 Å². The van der Waals surface area contributed by atoms with Crippen LogP contribution in [-0.4, -0.2) is 35.7 Å². The summed E-state index contributed by atoms with van der Waals surface area (Å²) in [5, 5.41) is 4.69. The Morgan fingerprint density at radius 1 is 1.21 bits per heavy atom. The van der Waals surface area contributed by atoms with Crippen molar-refractivity contribution in [3.63, 3.8) is 0 Å². The van der Waals surface area contributed by atoms with Crippen LogP contribution in [0.15, 0.2) is 23.1 Å². The average molecular weight is 404 g/mol. The van der Waals surface area contributed by atoms with Gasteiger partial charge in [-0.2, -0.15) is 9.40 Å². The lowest BCUT2D eigenvalue weighted by molar-refractivity contribution is 0.311. The van der Waals surface area contributed by atoms with Crippen molar-refractivity contribution < 1.29 is 13.2 Å². The number of methoxy groups -OCH3 is 1. The number of hydrogen-bond acceptors (Lipinski definition) is 4. The third kappa shape index (κ3) is 3.35. The van der Waals surface area contributed by atoms with Crippen LogP contribution in [0.2, 0.25) is 0 Å². The Hall–Kier alpha value is -1.86. The van der Waals surface area contributed by atoms with Gasteiger partial charge in [-0.15, -0.1) is 0 Å². The normalized spacial score (nSPS) is 17.4. The van der Waals surface area contributed by atoms with Crippen LogP contribution < -0.4 is 4.74 Å². The molecule has 152 valence electrons. The molecule has 2 aliphatic carbocycles. The van der Waals surface area contributed by atoms with Crippen molar-refractivity contribution in [2.75, 3.05) is 7.11 Å². The van der Waals surface area contributed by atoms with Gasteiger partial charge in [-0.3, -0.25) is 4.68 Å². The zero-order valence-electron chi connectivity index (χ0n) is 16.9. The lowest BCUT2D eigenvalue weighted by atomic mass is 10.2. The molecule has 4 rings (SSSR count). The highest BCUT2D eigenvalue weighted by Crippen LogP contribution is 2.33. The third-order valence-corrected chi connectivity index (χ3v) is 8.10. The van der Waals surface area contributed by atoms with Gasteiger partial charge in [0.05, 0.1) is 24.2 Å². The SMILES string of the molecule is COc1ccc(S(=O)(=O)N(Cc2nn(C)c3c2CCC3)C2CCCC2)cc1C. The zero-order chi connectivity index (χ0) is 19.9. The largest absolute Gasteiger partial charge is 0.496 e. The highest BCUT2D eigenvalue weighted by Gasteiger charge is 2.35. The quantitative estimate of drug-likeness (QED) is 0.742. The molecule has 6 nitrogen and oxygen atoms in total. The standard InChI is InChI=1S/C21H29N3O3S/c1-15-13-17(11-12-21(15)27-3)28(25,26)24(16-7-4-5-8-16)14-19-18-9-6-10-20(18)23(2)22-19/h11-13,16H,4-10,14H2,1-3H3. The molecule has 0 atom stereocenters. The Kier molecular flexibility index (Phi) is 5.22. The fourth-order valence-corrected chi connectivity index (χ4v) is 6.45. The molecule has 0 amide bonds. The lowest BCUT2D eigenvalue weighted by Crippen LogP contribution is -2.38. The molecule has 0 bridgehead atoms. The Balaban J connectivity index is 1.72. The van der Waals surface area contributed by atoms with Gasteiger partial charge >= 0.3 is 0 Å². The van der Waals surface area contributed by atoms with Crippen molar-refractivity contribution in [2.45, 2.75) is 69.4 Å². The molecule has 1 saturated carbocycles. The number of rotatable bonds is 6. The predicted molar refractivity (Wildman–Crippen MR) is 108 cm³/mol. The highest BCUT2D eigenvalue weighted by molar-refractivity contribution is 7.89. The van der Waals surface area contributed by atoms with E-state index in [1.165, 1.54) is 11.3 Å². The number of nitrogens with zero attached hydrogens (tertiary/aromatic N) is 3. The molecule has 0 radical (unpaired) electrons. The summed E-state index contributed by atoms with van der Waals surface area (Å²) in [6.07, 6.45) is 7.16. The molecule has 0 aliphatic heterocycles. The topological polar surface area (TPSA) is 64.4 Å². The van der Waals surface area contributed by atoms with Gasteiger partial charge in [0.25, 0.3) is 0 Å². The van der Waals surface area contributed by atoms with E-state index in [9.17, 15) is 8.42 Å². The second kappa shape index (κ2) is 7.52. The van der Waals surface area contributed by atoms with E-state index in [4.69, 9.17) is 4.74 Å². The van der Waals surface area contributed by atoms with Crippen LogP contribution in [0.3, 0.4) is 0 Å². The van der Waals surface area contributed by atoms with E-state index in [0.717, 1.165) is 56.2 Å². The summed E-state index contributed by atoms with van der Waals surface area (Å²) in [4.78, 5) is 0.338. The van der Waals surface area contributed by atoms with E-state index in [0.29, 0.717) is 17.2 Å². The number of ether oxygens (including phenoxy) is 1. The number of fused-ring (bicyclic) bond motifs is 1. The maximum absolute atomic E-state index is 13.6. The predicted octanol–water partition coefficient (Wildman–Crippen LogP) is 3.36. The number of aromatic nitrogens is 2. The maximum Gasteiger partial charge on any atom is 0.243 e. The summed E-state index contributed by atoms with van der Waals surface area (Å²) in [5.74, 6) is 0.703. The highest BCUT2D eigenvalue weighted by atomic mass is 32.2. The van der Waals surface area contributed by atoms with Crippen molar-refractivity contribution >= 4 is 10.0 Å². The molecule has 2 aliphatic rings. The Morgan fingerprint density at radius 2 is 1.96 bits per heavy atom. The van der Waals surface area contributed by atoms with Gasteiger partial charge in [0.2, 0.25) is 10.0 Å². The van der Waals surface area contributed by atoms with Crippen LogP contribution in [0.1, 0.15) is 54.6 Å². The first kappa shape index (κ1) is 19.5. The second-order valence-corrected chi connectivity index (χ2v) is 9.86. The van der Waals surface area contributed by atoms with Gasteiger partial charge in [-0.1, -0.05) is 12.8 Å². The van der Waals surface area contributed by atoms with Crippen molar-refractivity contribution in [1.82, 2.24) is 14.1 Å². The Morgan fingerprint density at radius 3 is 2.64 bits per heavy atom. The summed E-state index contributed by atoms with van der Waals surface area (Å²) < 4.78 is 36.2. The second-order valence-electron chi connectivity index (χ2n) is 7.97. The van der Waals surface area contributed by atoms with Gasteiger partial charge in [-0.05, 0) is 68.4 Å². The molecule has 2 aromatic rings. The van der Waals surface area contributed by atoms with Crippen LogP contribution in [0.25, 0.3) is 0 Å². The van der Waals surface area contributed by atoms with Crippen LogP contribution in [-0.2, 0) is 36.5 Å². The van der Waals surface area contributed by atoms with Gasteiger partial charge in [-0.25, -0.2) is 8.42 Å². The summed E-state index contributed by atoms with van der Waals surface area (Å²) in [6.45, 7) is 2.24. The summed E-state index contributed by atoms with van der Waals surface area (Å²) in [5.41, 5.74) is 4.27. The molecule has 0 spiro atoms. The van der Waals surface area contributed by atoms with Gasteiger partial charge in [0.15, 0.2) is 0 Å². The van der Waals surface area contributed by atoms with E-state index in [1.807, 2.05) is 18.7 Å². The van der Waals surface area contributed by atoms with Crippen LogP contribution in [0, 0.1) is 6.92 Å². The third-order valence-electron chi connectivity index (χ3n) is 6.21. The number of sulfonamides is 1. The first-order chi connectivity index (χ1) is 13.4. The molecule has 28 heavy (non-hydrogen) atoms. The molecular weight excluding hydrogens is 374 g/mol. The summed E-state index contributed by atoms with van der Waals surface area (Å²) in [7, 11) is -0.0425. The van der Waals surface area contributed by atoms with Gasteiger partial charge in [0.1, 0.15) is 5.75 Å². The summed E-state index contributed by atoms with van der Waals surface area (Å²) >= 11 is 0. The van der Waals surface area contributed by atoms with E-state index in [1.54, 1.807) is 29.6 Å². The Labute approximate surface area is 167 Å².